The van der Waals surface area contributed by atoms with Crippen LogP contribution in [0.5, 0.6) is 5.75 Å². The average Bonchev–Trinajstić information content (AvgIpc) is 3.59. The van der Waals surface area contributed by atoms with Crippen molar-refractivity contribution >= 4 is 29.7 Å². The zero-order chi connectivity index (χ0) is 28.5. The molecule has 3 rings (SSSR count). The molecule has 0 saturated carbocycles. The number of hydrogen-bond donors (Lipinski definition) is 7. The highest BCUT2D eigenvalue weighted by Gasteiger charge is 2.38. The number of rotatable bonds is 13. The van der Waals surface area contributed by atoms with Crippen molar-refractivity contribution in [1.82, 2.24) is 25.5 Å². The van der Waals surface area contributed by atoms with Gasteiger partial charge in [0.2, 0.25) is 17.7 Å². The molecule has 2 heterocycles. The molecule has 8 N–H and O–H groups in total. The Kier molecular flexibility index (Phi) is 9.98. The standard InChI is InChI=1S/C25H32N6O8/c26-17(7-8-21(33)34)24(37)31-9-1-2-20(31)23(36)29-18(10-14-3-5-16(32)6-4-14)22(35)30-19(25(38)39)11-15-12-27-13-28-15/h3-6,12-13,17-20,32H,1-2,7-11,26H2,(H,27,28)(H,29,36)(H,30,35)(H,33,34)(H,38,39). The van der Waals surface area contributed by atoms with Crippen LogP contribution in [0.15, 0.2) is 36.8 Å². The van der Waals surface area contributed by atoms with Gasteiger partial charge in [-0.3, -0.25) is 19.2 Å². The summed E-state index contributed by atoms with van der Waals surface area (Å²) in [5, 5.41) is 33.2. The van der Waals surface area contributed by atoms with E-state index in [2.05, 4.69) is 20.6 Å². The van der Waals surface area contributed by atoms with Gasteiger partial charge in [-0.05, 0) is 37.0 Å². The lowest BCUT2D eigenvalue weighted by atomic mass is 10.0. The maximum Gasteiger partial charge on any atom is 0.326 e. The number of carboxylic acids is 2. The summed E-state index contributed by atoms with van der Waals surface area (Å²) in [6.07, 6.45) is 3.17. The number of H-pyrrole nitrogens is 1. The summed E-state index contributed by atoms with van der Waals surface area (Å²) in [5.74, 6) is -4.30. The Hall–Kier alpha value is -4.46. The molecule has 1 aliphatic heterocycles. The maximum absolute atomic E-state index is 13.3. The van der Waals surface area contributed by atoms with E-state index >= 15 is 0 Å². The second-order valence-corrected chi connectivity index (χ2v) is 9.34. The van der Waals surface area contributed by atoms with Crippen molar-refractivity contribution in [3.8, 4) is 5.75 Å². The number of amides is 3. The maximum atomic E-state index is 13.3. The fraction of sp³-hybridized carbons (Fsp3) is 0.440. The Labute approximate surface area is 223 Å². The molecule has 1 aromatic heterocycles. The molecule has 2 aromatic rings. The minimum atomic E-state index is -1.31. The lowest BCUT2D eigenvalue weighted by Gasteiger charge is -2.28. The number of hydrogen-bond acceptors (Lipinski definition) is 8. The second kappa shape index (κ2) is 13.4. The first-order valence-corrected chi connectivity index (χ1v) is 12.4. The van der Waals surface area contributed by atoms with Crippen LogP contribution >= 0.6 is 0 Å². The summed E-state index contributed by atoms with van der Waals surface area (Å²) in [7, 11) is 0. The van der Waals surface area contributed by atoms with Crippen molar-refractivity contribution in [3.63, 3.8) is 0 Å². The molecule has 1 saturated heterocycles. The predicted molar refractivity (Wildman–Crippen MR) is 135 cm³/mol. The third-order valence-corrected chi connectivity index (χ3v) is 6.43. The molecule has 0 bridgehead atoms. The predicted octanol–water partition coefficient (Wildman–Crippen LogP) is -0.862. The lowest BCUT2D eigenvalue weighted by molar-refractivity contribution is -0.143. The van der Waals surface area contributed by atoms with Crippen molar-refractivity contribution in [2.24, 2.45) is 5.73 Å². The first-order valence-electron chi connectivity index (χ1n) is 12.4. The summed E-state index contributed by atoms with van der Waals surface area (Å²) in [6.45, 7) is 0.248. The fourth-order valence-corrected chi connectivity index (χ4v) is 4.35. The van der Waals surface area contributed by atoms with Gasteiger partial charge in [-0.1, -0.05) is 12.1 Å². The van der Waals surface area contributed by atoms with Crippen LogP contribution in [-0.4, -0.2) is 90.6 Å². The van der Waals surface area contributed by atoms with E-state index in [0.717, 1.165) is 0 Å². The highest BCUT2D eigenvalue weighted by atomic mass is 16.4. The van der Waals surface area contributed by atoms with Crippen LogP contribution in [0.25, 0.3) is 0 Å². The van der Waals surface area contributed by atoms with Gasteiger partial charge in [-0.2, -0.15) is 0 Å². The molecule has 210 valence electrons. The molecule has 0 aliphatic carbocycles. The molecule has 1 aromatic carbocycles. The monoisotopic (exact) mass is 544 g/mol. The Morgan fingerprint density at radius 3 is 2.41 bits per heavy atom. The molecule has 14 heteroatoms. The minimum Gasteiger partial charge on any atom is -0.508 e. The van der Waals surface area contributed by atoms with Crippen LogP contribution in [0, 0.1) is 0 Å². The number of imidazole rings is 1. The highest BCUT2D eigenvalue weighted by molar-refractivity contribution is 5.94. The topological polar surface area (TPSA) is 228 Å². The number of benzene rings is 1. The Balaban J connectivity index is 1.75. The molecule has 4 unspecified atom stereocenters. The van der Waals surface area contributed by atoms with Gasteiger partial charge in [-0.25, -0.2) is 9.78 Å². The van der Waals surface area contributed by atoms with Crippen molar-refractivity contribution < 1.29 is 39.3 Å². The third kappa shape index (κ3) is 8.26. The molecule has 0 spiro atoms. The lowest BCUT2D eigenvalue weighted by Crippen LogP contribution is -2.57. The molecule has 1 fully saturated rings. The van der Waals surface area contributed by atoms with E-state index in [1.165, 1.54) is 29.6 Å². The van der Waals surface area contributed by atoms with E-state index in [9.17, 15) is 34.2 Å². The van der Waals surface area contributed by atoms with Gasteiger partial charge < -0.3 is 41.6 Å². The van der Waals surface area contributed by atoms with Crippen molar-refractivity contribution in [3.05, 3.63) is 48.0 Å². The van der Waals surface area contributed by atoms with Gasteiger partial charge in [0.05, 0.1) is 12.4 Å². The van der Waals surface area contributed by atoms with Crippen molar-refractivity contribution in [2.45, 2.75) is 62.7 Å². The average molecular weight is 545 g/mol. The number of carbonyl (C=O) groups excluding carboxylic acids is 3. The molecule has 39 heavy (non-hydrogen) atoms. The molecular formula is C25H32N6O8. The van der Waals surface area contributed by atoms with Gasteiger partial charge in [0.25, 0.3) is 0 Å². The Bertz CT molecular complexity index is 1170. The highest BCUT2D eigenvalue weighted by Crippen LogP contribution is 2.20. The molecule has 4 atom stereocenters. The van der Waals surface area contributed by atoms with Gasteiger partial charge in [0.15, 0.2) is 0 Å². The van der Waals surface area contributed by atoms with Crippen molar-refractivity contribution in [1.29, 1.82) is 0 Å². The number of aromatic amines is 1. The quantitative estimate of drug-likeness (QED) is 0.165. The van der Waals surface area contributed by atoms with E-state index < -0.39 is 53.8 Å². The van der Waals surface area contributed by atoms with Gasteiger partial charge in [0, 0.05) is 37.7 Å². The number of aromatic hydroxyl groups is 1. The molecule has 0 radical (unpaired) electrons. The van der Waals surface area contributed by atoms with Gasteiger partial charge in [-0.15, -0.1) is 0 Å². The molecule has 14 nitrogen and oxygen atoms in total. The van der Waals surface area contributed by atoms with Crippen LogP contribution < -0.4 is 16.4 Å². The number of carbonyl (C=O) groups is 5. The summed E-state index contributed by atoms with van der Waals surface area (Å²) in [5.41, 5.74) is 6.95. The SMILES string of the molecule is NC(CCC(=O)O)C(=O)N1CCCC1C(=O)NC(Cc1ccc(O)cc1)C(=O)NC(Cc1cnc[nH]1)C(=O)O. The first-order chi connectivity index (χ1) is 18.5. The first kappa shape index (κ1) is 29.1. The number of phenolic OH excluding ortho intramolecular Hbond substituents is 1. The van der Waals surface area contributed by atoms with E-state index in [1.807, 2.05) is 0 Å². The number of nitrogens with two attached hydrogens (primary N) is 1. The number of aliphatic carboxylic acids is 2. The van der Waals surface area contributed by atoms with Gasteiger partial charge >= 0.3 is 11.9 Å². The van der Waals surface area contributed by atoms with Gasteiger partial charge in [0.1, 0.15) is 23.9 Å². The smallest absolute Gasteiger partial charge is 0.326 e. The molecular weight excluding hydrogens is 512 g/mol. The number of likely N-dealkylation sites (tertiary alicyclic amines) is 1. The number of nitrogens with one attached hydrogen (secondary N) is 3. The molecule has 1 aliphatic rings. The summed E-state index contributed by atoms with van der Waals surface area (Å²) in [4.78, 5) is 70.0. The number of nitrogens with zero attached hydrogens (tertiary/aromatic N) is 2. The van der Waals surface area contributed by atoms with Crippen LogP contribution in [0.2, 0.25) is 0 Å². The zero-order valence-electron chi connectivity index (χ0n) is 21.1. The van der Waals surface area contributed by atoms with E-state index in [0.29, 0.717) is 24.1 Å². The van der Waals surface area contributed by atoms with Crippen LogP contribution in [0.1, 0.15) is 36.9 Å². The van der Waals surface area contributed by atoms with Crippen LogP contribution in [-0.2, 0) is 36.8 Å². The summed E-state index contributed by atoms with van der Waals surface area (Å²) >= 11 is 0. The number of carboxylic acid groups (broad SMARTS) is 2. The number of aromatic nitrogens is 2. The minimum absolute atomic E-state index is 0.00799. The normalized spacial score (nSPS) is 17.2. The van der Waals surface area contributed by atoms with E-state index in [-0.39, 0.29) is 38.0 Å². The zero-order valence-corrected chi connectivity index (χ0v) is 21.1. The van der Waals surface area contributed by atoms with E-state index in [1.54, 1.807) is 12.1 Å². The largest absolute Gasteiger partial charge is 0.508 e. The summed E-state index contributed by atoms with van der Waals surface area (Å²) in [6, 6.07) is 1.42. The third-order valence-electron chi connectivity index (χ3n) is 6.43. The summed E-state index contributed by atoms with van der Waals surface area (Å²) < 4.78 is 0. The Morgan fingerprint density at radius 2 is 1.79 bits per heavy atom. The second-order valence-electron chi connectivity index (χ2n) is 9.34. The van der Waals surface area contributed by atoms with Crippen molar-refractivity contribution in [2.75, 3.05) is 6.54 Å². The fourth-order valence-electron chi connectivity index (χ4n) is 4.35. The molecule has 3 amide bonds. The van der Waals surface area contributed by atoms with E-state index in [4.69, 9.17) is 10.8 Å². The van der Waals surface area contributed by atoms with Crippen LogP contribution in [0.3, 0.4) is 0 Å². The number of phenols is 1. The van der Waals surface area contributed by atoms with Crippen LogP contribution in [0.4, 0.5) is 0 Å². The Morgan fingerprint density at radius 1 is 1.08 bits per heavy atom.